The lowest BCUT2D eigenvalue weighted by molar-refractivity contribution is -0.147. The quantitative estimate of drug-likeness (QED) is 0.804. The minimum absolute atomic E-state index is 0.00717. The molecule has 0 aromatic carbocycles. The van der Waals surface area contributed by atoms with Crippen molar-refractivity contribution in [1.29, 1.82) is 5.26 Å². The maximum Gasteiger partial charge on any atom is 0.227 e. The first-order valence-corrected chi connectivity index (χ1v) is 9.31. The van der Waals surface area contributed by atoms with Crippen LogP contribution in [0.3, 0.4) is 0 Å². The van der Waals surface area contributed by atoms with Crippen LogP contribution in [0.2, 0.25) is 0 Å². The molecule has 3 rings (SSSR count). The number of hydrogen-bond donors (Lipinski definition) is 0. The summed E-state index contributed by atoms with van der Waals surface area (Å²) in [6.45, 7) is 12.2. The van der Waals surface area contributed by atoms with E-state index in [0.717, 1.165) is 26.1 Å². The maximum atomic E-state index is 12.4. The van der Waals surface area contributed by atoms with Gasteiger partial charge in [-0.15, -0.1) is 0 Å². The van der Waals surface area contributed by atoms with Crippen molar-refractivity contribution >= 4 is 5.91 Å². The lowest BCUT2D eigenvalue weighted by Gasteiger charge is -2.53. The van der Waals surface area contributed by atoms with Gasteiger partial charge in [0.2, 0.25) is 5.91 Å². The van der Waals surface area contributed by atoms with Gasteiger partial charge in [-0.1, -0.05) is 20.3 Å². The van der Waals surface area contributed by atoms with E-state index >= 15 is 0 Å². The Morgan fingerprint density at radius 2 is 1.91 bits per heavy atom. The predicted octanol–water partition coefficient (Wildman–Crippen LogP) is 2.89. The van der Waals surface area contributed by atoms with E-state index in [-0.39, 0.29) is 17.7 Å². The smallest absolute Gasteiger partial charge is 0.227 e. The third-order valence-corrected chi connectivity index (χ3v) is 6.22. The monoisotopic (exact) mass is 317 g/mol. The van der Waals surface area contributed by atoms with Gasteiger partial charge in [0.25, 0.3) is 0 Å². The van der Waals surface area contributed by atoms with E-state index in [1.165, 1.54) is 19.3 Å². The van der Waals surface area contributed by atoms with E-state index in [0.29, 0.717) is 23.4 Å². The fraction of sp³-hybridized carbons (Fsp3) is 0.895. The molecule has 2 saturated heterocycles. The average Bonchev–Trinajstić information content (AvgIpc) is 3.25. The average molecular weight is 317 g/mol. The summed E-state index contributed by atoms with van der Waals surface area (Å²) in [4.78, 5) is 17.1. The van der Waals surface area contributed by atoms with Crippen molar-refractivity contribution in [3.8, 4) is 6.07 Å². The third-order valence-electron chi connectivity index (χ3n) is 6.22. The molecule has 0 aromatic heterocycles. The second-order valence-electron chi connectivity index (χ2n) is 8.74. The molecular weight excluding hydrogens is 286 g/mol. The summed E-state index contributed by atoms with van der Waals surface area (Å²) in [5.74, 6) is 0.926. The zero-order chi connectivity index (χ0) is 16.8. The molecule has 128 valence electrons. The van der Waals surface area contributed by atoms with Gasteiger partial charge in [0.15, 0.2) is 0 Å². The highest BCUT2D eigenvalue weighted by Crippen LogP contribution is 2.45. The SMILES string of the molecule is CC(C)C1CCCC2(CN(C(=O)C3CC3C#N)C2)CN1C(C)C. The molecule has 4 nitrogen and oxygen atoms in total. The molecule has 1 amide bonds. The van der Waals surface area contributed by atoms with Gasteiger partial charge in [-0.25, -0.2) is 0 Å². The molecule has 2 aliphatic heterocycles. The lowest BCUT2D eigenvalue weighted by Crippen LogP contribution is -2.63. The Kier molecular flexibility index (Phi) is 4.44. The Bertz CT molecular complexity index is 501. The Morgan fingerprint density at radius 3 is 2.43 bits per heavy atom. The second-order valence-corrected chi connectivity index (χ2v) is 8.74. The third kappa shape index (κ3) is 3.13. The van der Waals surface area contributed by atoms with Crippen LogP contribution < -0.4 is 0 Å². The molecular formula is C19H31N3O. The van der Waals surface area contributed by atoms with Gasteiger partial charge in [-0.05, 0) is 39.0 Å². The molecule has 3 fully saturated rings. The normalized spacial score (nSPS) is 33.4. The van der Waals surface area contributed by atoms with Gasteiger partial charge in [0, 0.05) is 37.1 Å². The Hall–Kier alpha value is -1.08. The minimum Gasteiger partial charge on any atom is -0.341 e. The Balaban J connectivity index is 1.63. The van der Waals surface area contributed by atoms with Crippen molar-refractivity contribution in [1.82, 2.24) is 9.80 Å². The van der Waals surface area contributed by atoms with Crippen LogP contribution in [0.25, 0.3) is 0 Å². The van der Waals surface area contributed by atoms with E-state index in [1.807, 2.05) is 4.90 Å². The highest BCUT2D eigenvalue weighted by molar-refractivity contribution is 5.83. The molecule has 0 N–H and O–H groups in total. The summed E-state index contributed by atoms with van der Waals surface area (Å²) in [6.07, 6.45) is 4.59. The number of likely N-dealkylation sites (tertiary alicyclic amines) is 2. The molecule has 3 unspecified atom stereocenters. The van der Waals surface area contributed by atoms with Gasteiger partial charge < -0.3 is 4.90 Å². The van der Waals surface area contributed by atoms with Crippen molar-refractivity contribution in [2.24, 2.45) is 23.2 Å². The maximum absolute atomic E-state index is 12.4. The highest BCUT2D eigenvalue weighted by Gasteiger charge is 2.53. The zero-order valence-electron chi connectivity index (χ0n) is 15.1. The first kappa shape index (κ1) is 16.8. The van der Waals surface area contributed by atoms with E-state index in [2.05, 4.69) is 38.7 Å². The number of amides is 1. The highest BCUT2D eigenvalue weighted by atomic mass is 16.2. The molecule has 2 heterocycles. The summed E-state index contributed by atoms with van der Waals surface area (Å²) in [7, 11) is 0. The number of hydrogen-bond acceptors (Lipinski definition) is 3. The van der Waals surface area contributed by atoms with Gasteiger partial charge in [-0.2, -0.15) is 5.26 Å². The molecule has 3 aliphatic rings. The van der Waals surface area contributed by atoms with E-state index in [9.17, 15) is 4.79 Å². The van der Waals surface area contributed by atoms with Gasteiger partial charge in [0.1, 0.15) is 0 Å². The number of rotatable bonds is 3. The van der Waals surface area contributed by atoms with Crippen LogP contribution in [-0.2, 0) is 4.79 Å². The van der Waals surface area contributed by atoms with E-state index in [4.69, 9.17) is 5.26 Å². The molecule has 23 heavy (non-hydrogen) atoms. The van der Waals surface area contributed by atoms with Crippen LogP contribution in [-0.4, -0.2) is 47.4 Å². The molecule has 3 atom stereocenters. The first-order valence-electron chi connectivity index (χ1n) is 9.31. The molecule has 1 spiro atoms. The van der Waals surface area contributed by atoms with Crippen molar-refractivity contribution in [3.05, 3.63) is 0 Å². The minimum atomic E-state index is -0.00864. The molecule has 0 bridgehead atoms. The van der Waals surface area contributed by atoms with Crippen LogP contribution in [0.4, 0.5) is 0 Å². The summed E-state index contributed by atoms with van der Waals surface area (Å²) in [5, 5.41) is 8.93. The van der Waals surface area contributed by atoms with Crippen molar-refractivity contribution in [3.63, 3.8) is 0 Å². The molecule has 1 aliphatic carbocycles. The van der Waals surface area contributed by atoms with Crippen LogP contribution in [0.1, 0.15) is 53.4 Å². The first-order chi connectivity index (χ1) is 10.9. The number of nitriles is 1. The lowest BCUT2D eigenvalue weighted by atomic mass is 9.75. The standard InChI is InChI=1S/C19H31N3O/c1-13(2)17-6-5-7-19(12-22(17)14(3)4)10-21(11-19)18(23)16-8-15(16)9-20/h13-17H,5-8,10-12H2,1-4H3. The topological polar surface area (TPSA) is 47.3 Å². The summed E-state index contributed by atoms with van der Waals surface area (Å²) in [6, 6.07) is 3.47. The van der Waals surface area contributed by atoms with Crippen LogP contribution in [0.15, 0.2) is 0 Å². The summed E-state index contributed by atoms with van der Waals surface area (Å²) in [5.41, 5.74) is 0.306. The second kappa shape index (κ2) is 6.09. The fourth-order valence-electron chi connectivity index (χ4n) is 4.74. The Morgan fingerprint density at radius 1 is 1.22 bits per heavy atom. The van der Waals surface area contributed by atoms with Crippen LogP contribution in [0.5, 0.6) is 0 Å². The van der Waals surface area contributed by atoms with Crippen LogP contribution >= 0.6 is 0 Å². The molecule has 0 radical (unpaired) electrons. The number of carbonyl (C=O) groups excluding carboxylic acids is 1. The van der Waals surface area contributed by atoms with Gasteiger partial charge in [0.05, 0.1) is 17.9 Å². The van der Waals surface area contributed by atoms with Crippen LogP contribution in [0, 0.1) is 34.5 Å². The summed E-state index contributed by atoms with van der Waals surface area (Å²) < 4.78 is 0. The molecule has 4 heteroatoms. The van der Waals surface area contributed by atoms with E-state index in [1.54, 1.807) is 0 Å². The fourth-order valence-corrected chi connectivity index (χ4v) is 4.74. The van der Waals surface area contributed by atoms with Gasteiger partial charge in [-0.3, -0.25) is 9.69 Å². The van der Waals surface area contributed by atoms with E-state index < -0.39 is 0 Å². The number of nitrogens with zero attached hydrogens (tertiary/aromatic N) is 3. The predicted molar refractivity (Wildman–Crippen MR) is 90.5 cm³/mol. The largest absolute Gasteiger partial charge is 0.341 e. The van der Waals surface area contributed by atoms with Crippen molar-refractivity contribution in [2.45, 2.75) is 65.5 Å². The summed E-state index contributed by atoms with van der Waals surface area (Å²) >= 11 is 0. The zero-order valence-corrected chi connectivity index (χ0v) is 15.1. The molecule has 1 saturated carbocycles. The number of carbonyl (C=O) groups is 1. The van der Waals surface area contributed by atoms with Crippen molar-refractivity contribution in [2.75, 3.05) is 19.6 Å². The molecule has 0 aromatic rings. The Labute approximate surface area is 140 Å². The van der Waals surface area contributed by atoms with Crippen molar-refractivity contribution < 1.29 is 4.79 Å². The van der Waals surface area contributed by atoms with Gasteiger partial charge >= 0.3 is 0 Å².